The molecule has 1 heterocycles. The normalized spacial score (nSPS) is 16.5. The van der Waals surface area contributed by atoms with Crippen molar-refractivity contribution in [2.24, 2.45) is 0 Å². The molecule has 0 saturated heterocycles. The molecule has 4 rings (SSSR count). The molecule has 0 saturated carbocycles. The maximum absolute atomic E-state index is 13.9. The van der Waals surface area contributed by atoms with Gasteiger partial charge in [0.2, 0.25) is 5.91 Å². The lowest BCUT2D eigenvalue weighted by Gasteiger charge is -2.31. The van der Waals surface area contributed by atoms with Crippen LogP contribution in [0.4, 0.5) is 8.78 Å². The molecule has 1 aliphatic heterocycles. The molecule has 0 aliphatic carbocycles. The van der Waals surface area contributed by atoms with Gasteiger partial charge in [0.15, 0.2) is 0 Å². The maximum Gasteiger partial charge on any atom is 0.224 e. The van der Waals surface area contributed by atoms with Gasteiger partial charge < -0.3 is 25.2 Å². The number of rotatable bonds is 10. The standard InChI is InChI=1S/C31H36F2N2O4/c1-31(2,3)39-24-9-10-29-25(18-24)26(11-12-38-29)34-19-28(36)27(15-21-13-22(32)17-23(33)14-21)35-30(37)16-20-7-5-4-6-8-20/h4-10,13-14,17-18,26-28,34,36H,11-12,15-16,19H2,1-3H3,(H,35,37)/t26-,27-,28+/m0/s1. The Morgan fingerprint density at radius 2 is 1.77 bits per heavy atom. The summed E-state index contributed by atoms with van der Waals surface area (Å²) >= 11 is 0. The van der Waals surface area contributed by atoms with Crippen LogP contribution in [-0.2, 0) is 17.6 Å². The van der Waals surface area contributed by atoms with E-state index in [0.29, 0.717) is 18.6 Å². The second kappa shape index (κ2) is 12.6. The van der Waals surface area contributed by atoms with Gasteiger partial charge in [-0.1, -0.05) is 30.3 Å². The molecule has 0 unspecified atom stereocenters. The quantitative estimate of drug-likeness (QED) is 0.343. The van der Waals surface area contributed by atoms with E-state index in [1.54, 1.807) is 0 Å². The van der Waals surface area contributed by atoms with E-state index >= 15 is 0 Å². The average molecular weight is 539 g/mol. The summed E-state index contributed by atoms with van der Waals surface area (Å²) in [4.78, 5) is 12.9. The Labute approximate surface area is 228 Å². The first-order valence-corrected chi connectivity index (χ1v) is 13.2. The maximum atomic E-state index is 13.9. The van der Waals surface area contributed by atoms with Crippen LogP contribution in [0.1, 0.15) is 49.9 Å². The average Bonchev–Trinajstić information content (AvgIpc) is 2.86. The molecular weight excluding hydrogens is 502 g/mol. The van der Waals surface area contributed by atoms with E-state index < -0.39 is 23.8 Å². The number of ether oxygens (including phenoxy) is 2. The van der Waals surface area contributed by atoms with Gasteiger partial charge in [-0.3, -0.25) is 4.79 Å². The third-order valence-electron chi connectivity index (χ3n) is 6.41. The minimum atomic E-state index is -1.03. The Kier molecular flexibility index (Phi) is 9.20. The van der Waals surface area contributed by atoms with Crippen molar-refractivity contribution in [1.82, 2.24) is 10.6 Å². The number of amides is 1. The summed E-state index contributed by atoms with van der Waals surface area (Å²) in [6, 6.07) is 17.3. The van der Waals surface area contributed by atoms with Gasteiger partial charge in [0.1, 0.15) is 28.7 Å². The summed E-state index contributed by atoms with van der Waals surface area (Å²) in [5, 5.41) is 17.5. The summed E-state index contributed by atoms with van der Waals surface area (Å²) in [7, 11) is 0. The van der Waals surface area contributed by atoms with Gasteiger partial charge in [-0.15, -0.1) is 0 Å². The highest BCUT2D eigenvalue weighted by Crippen LogP contribution is 2.35. The molecule has 0 radical (unpaired) electrons. The highest BCUT2D eigenvalue weighted by atomic mass is 19.1. The van der Waals surface area contributed by atoms with Crippen LogP contribution in [0, 0.1) is 11.6 Å². The Bertz CT molecular complexity index is 1240. The fraction of sp³-hybridized carbons (Fsp3) is 0.387. The summed E-state index contributed by atoms with van der Waals surface area (Å²) in [5.41, 5.74) is 1.74. The number of benzene rings is 3. The number of carbonyl (C=O) groups is 1. The van der Waals surface area contributed by atoms with E-state index in [4.69, 9.17) is 9.47 Å². The van der Waals surface area contributed by atoms with Crippen molar-refractivity contribution >= 4 is 5.91 Å². The van der Waals surface area contributed by atoms with Crippen molar-refractivity contribution in [2.45, 2.75) is 63.8 Å². The van der Waals surface area contributed by atoms with Crippen LogP contribution < -0.4 is 20.1 Å². The minimum Gasteiger partial charge on any atom is -0.493 e. The van der Waals surface area contributed by atoms with Crippen molar-refractivity contribution in [3.05, 3.63) is 95.1 Å². The Morgan fingerprint density at radius 1 is 1.05 bits per heavy atom. The van der Waals surface area contributed by atoms with E-state index in [-0.39, 0.29) is 36.9 Å². The minimum absolute atomic E-state index is 0.0615. The number of hydrogen-bond acceptors (Lipinski definition) is 5. The first-order chi connectivity index (χ1) is 18.6. The topological polar surface area (TPSA) is 79.8 Å². The molecule has 208 valence electrons. The molecule has 3 aromatic rings. The summed E-state index contributed by atoms with van der Waals surface area (Å²) < 4.78 is 39.6. The number of aliphatic hydroxyl groups excluding tert-OH is 1. The molecule has 3 aromatic carbocycles. The van der Waals surface area contributed by atoms with Crippen LogP contribution in [-0.4, -0.2) is 41.9 Å². The molecule has 3 atom stereocenters. The molecule has 0 aromatic heterocycles. The first-order valence-electron chi connectivity index (χ1n) is 13.2. The van der Waals surface area contributed by atoms with Gasteiger partial charge in [-0.05, 0) is 68.7 Å². The number of fused-ring (bicyclic) bond motifs is 1. The fourth-order valence-corrected chi connectivity index (χ4v) is 4.71. The summed E-state index contributed by atoms with van der Waals surface area (Å²) in [5.74, 6) is -0.239. The molecule has 8 heteroatoms. The second-order valence-electron chi connectivity index (χ2n) is 10.9. The van der Waals surface area contributed by atoms with Crippen LogP contribution in [0.2, 0.25) is 0 Å². The summed E-state index contributed by atoms with van der Waals surface area (Å²) in [6.07, 6.45) is -0.166. The Morgan fingerprint density at radius 3 is 2.46 bits per heavy atom. The highest BCUT2D eigenvalue weighted by molar-refractivity contribution is 5.79. The SMILES string of the molecule is CC(C)(C)Oc1ccc2c(c1)[C@@H](NC[C@@H](O)[C@H](Cc1cc(F)cc(F)c1)NC(=O)Cc1ccccc1)CCO2. The predicted molar refractivity (Wildman–Crippen MR) is 146 cm³/mol. The predicted octanol–water partition coefficient (Wildman–Crippen LogP) is 4.89. The fourth-order valence-electron chi connectivity index (χ4n) is 4.71. The number of halogens is 2. The van der Waals surface area contributed by atoms with Gasteiger partial charge in [0.05, 0.1) is 25.2 Å². The third-order valence-corrected chi connectivity index (χ3v) is 6.41. The van der Waals surface area contributed by atoms with Crippen molar-refractivity contribution in [3.63, 3.8) is 0 Å². The van der Waals surface area contributed by atoms with Gasteiger partial charge in [0.25, 0.3) is 0 Å². The van der Waals surface area contributed by atoms with Crippen LogP contribution in [0.3, 0.4) is 0 Å². The lowest BCUT2D eigenvalue weighted by Crippen LogP contribution is -2.49. The van der Waals surface area contributed by atoms with Gasteiger partial charge in [-0.2, -0.15) is 0 Å². The largest absolute Gasteiger partial charge is 0.493 e. The Hall–Kier alpha value is -3.49. The van der Waals surface area contributed by atoms with Crippen LogP contribution in [0.15, 0.2) is 66.7 Å². The monoisotopic (exact) mass is 538 g/mol. The number of nitrogens with one attached hydrogen (secondary N) is 2. The zero-order chi connectivity index (χ0) is 28.0. The molecule has 0 spiro atoms. The van der Waals surface area contributed by atoms with Crippen molar-refractivity contribution < 1.29 is 28.2 Å². The lowest BCUT2D eigenvalue weighted by atomic mass is 9.97. The highest BCUT2D eigenvalue weighted by Gasteiger charge is 2.27. The van der Waals surface area contributed by atoms with E-state index in [2.05, 4.69) is 10.6 Å². The van der Waals surface area contributed by atoms with Crippen molar-refractivity contribution in [1.29, 1.82) is 0 Å². The van der Waals surface area contributed by atoms with Crippen LogP contribution in [0.25, 0.3) is 0 Å². The molecule has 1 amide bonds. The molecule has 39 heavy (non-hydrogen) atoms. The molecule has 1 aliphatic rings. The van der Waals surface area contributed by atoms with E-state index in [0.717, 1.165) is 28.7 Å². The first kappa shape index (κ1) is 28.5. The molecule has 0 bridgehead atoms. The summed E-state index contributed by atoms with van der Waals surface area (Å²) in [6.45, 7) is 6.59. The van der Waals surface area contributed by atoms with E-state index in [9.17, 15) is 18.7 Å². The second-order valence-corrected chi connectivity index (χ2v) is 10.9. The van der Waals surface area contributed by atoms with Gasteiger partial charge in [-0.25, -0.2) is 8.78 Å². The molecular formula is C31H36F2N2O4. The zero-order valence-corrected chi connectivity index (χ0v) is 22.5. The molecule has 0 fully saturated rings. The van der Waals surface area contributed by atoms with Gasteiger partial charge >= 0.3 is 0 Å². The van der Waals surface area contributed by atoms with Crippen LogP contribution >= 0.6 is 0 Å². The van der Waals surface area contributed by atoms with Crippen molar-refractivity contribution in [2.75, 3.05) is 13.2 Å². The number of carbonyl (C=O) groups excluding carboxylic acids is 1. The van der Waals surface area contributed by atoms with Crippen molar-refractivity contribution in [3.8, 4) is 11.5 Å². The molecule has 3 N–H and O–H groups in total. The van der Waals surface area contributed by atoms with E-state index in [1.165, 1.54) is 12.1 Å². The number of aliphatic hydroxyl groups is 1. The number of hydrogen-bond donors (Lipinski definition) is 3. The Balaban J connectivity index is 1.47. The third kappa shape index (κ3) is 8.50. The van der Waals surface area contributed by atoms with Crippen LogP contribution in [0.5, 0.6) is 11.5 Å². The van der Waals surface area contributed by atoms with E-state index in [1.807, 2.05) is 69.3 Å². The lowest BCUT2D eigenvalue weighted by molar-refractivity contribution is -0.122. The smallest absolute Gasteiger partial charge is 0.224 e. The molecule has 6 nitrogen and oxygen atoms in total. The van der Waals surface area contributed by atoms with Gasteiger partial charge in [0, 0.05) is 30.6 Å². The zero-order valence-electron chi connectivity index (χ0n) is 22.5.